The predicted octanol–water partition coefficient (Wildman–Crippen LogP) is 3.07. The van der Waals surface area contributed by atoms with E-state index in [2.05, 4.69) is 4.98 Å². The van der Waals surface area contributed by atoms with Crippen LogP contribution in [0.15, 0.2) is 42.7 Å². The minimum absolute atomic E-state index is 0.126. The van der Waals surface area contributed by atoms with Crippen LogP contribution >= 0.6 is 0 Å². The number of benzene rings is 1. The highest BCUT2D eigenvalue weighted by atomic mass is 16.5. The first-order valence-corrected chi connectivity index (χ1v) is 6.07. The lowest BCUT2D eigenvalue weighted by atomic mass is 10.1. The fourth-order valence-corrected chi connectivity index (χ4v) is 1.82. The third kappa shape index (κ3) is 3.57. The Morgan fingerprint density at radius 3 is 2.78 bits per heavy atom. The number of nitrogens with two attached hydrogens (primary N) is 1. The molecule has 0 aliphatic carbocycles. The SMILES string of the molecule is Cc1cccc(Oc2cncc(CC(C)N)c2)c1. The van der Waals surface area contributed by atoms with Gasteiger partial charge in [-0.2, -0.15) is 0 Å². The Morgan fingerprint density at radius 2 is 2.06 bits per heavy atom. The number of nitrogens with zero attached hydrogens (tertiary/aromatic N) is 1. The van der Waals surface area contributed by atoms with Gasteiger partial charge in [0.25, 0.3) is 0 Å². The van der Waals surface area contributed by atoms with E-state index in [4.69, 9.17) is 10.5 Å². The summed E-state index contributed by atoms with van der Waals surface area (Å²) in [6, 6.07) is 10.1. The highest BCUT2D eigenvalue weighted by Gasteiger charge is 2.02. The van der Waals surface area contributed by atoms with Gasteiger partial charge in [0.15, 0.2) is 0 Å². The lowest BCUT2D eigenvalue weighted by molar-refractivity contribution is 0.478. The molecule has 1 unspecified atom stereocenters. The normalized spacial score (nSPS) is 12.2. The van der Waals surface area contributed by atoms with E-state index < -0.39 is 0 Å². The summed E-state index contributed by atoms with van der Waals surface area (Å²) in [6.45, 7) is 4.02. The third-order valence-electron chi connectivity index (χ3n) is 2.55. The molecule has 0 aliphatic rings. The van der Waals surface area contributed by atoms with Crippen LogP contribution in [-0.2, 0) is 6.42 Å². The van der Waals surface area contributed by atoms with Crippen molar-refractivity contribution in [2.75, 3.05) is 0 Å². The summed E-state index contributed by atoms with van der Waals surface area (Å²) < 4.78 is 5.78. The van der Waals surface area contributed by atoms with Crippen molar-refractivity contribution in [2.24, 2.45) is 5.73 Å². The molecule has 0 saturated carbocycles. The van der Waals surface area contributed by atoms with Gasteiger partial charge in [-0.05, 0) is 49.6 Å². The molecular formula is C15H18N2O. The molecule has 94 valence electrons. The first kappa shape index (κ1) is 12.6. The molecule has 18 heavy (non-hydrogen) atoms. The Balaban J connectivity index is 2.14. The summed E-state index contributed by atoms with van der Waals surface area (Å²) >= 11 is 0. The van der Waals surface area contributed by atoms with Gasteiger partial charge < -0.3 is 10.5 Å². The van der Waals surface area contributed by atoms with E-state index in [-0.39, 0.29) is 6.04 Å². The summed E-state index contributed by atoms with van der Waals surface area (Å²) in [5, 5.41) is 0. The molecule has 3 nitrogen and oxygen atoms in total. The van der Waals surface area contributed by atoms with Gasteiger partial charge in [-0.3, -0.25) is 4.98 Å². The third-order valence-corrected chi connectivity index (χ3v) is 2.55. The van der Waals surface area contributed by atoms with Crippen LogP contribution in [0.1, 0.15) is 18.1 Å². The minimum atomic E-state index is 0.126. The number of hydrogen-bond donors (Lipinski definition) is 1. The standard InChI is InChI=1S/C15H18N2O/c1-11-4-3-5-14(6-11)18-15-8-13(7-12(2)16)9-17-10-15/h3-6,8-10,12H,7,16H2,1-2H3. The fraction of sp³-hybridized carbons (Fsp3) is 0.267. The molecule has 3 heteroatoms. The number of pyridine rings is 1. The molecule has 0 radical (unpaired) electrons. The van der Waals surface area contributed by atoms with Crippen LogP contribution in [0.25, 0.3) is 0 Å². The minimum Gasteiger partial charge on any atom is -0.456 e. The maximum absolute atomic E-state index is 5.78. The van der Waals surface area contributed by atoms with Crippen molar-refractivity contribution in [3.8, 4) is 11.5 Å². The summed E-state index contributed by atoms with van der Waals surface area (Å²) in [6.07, 6.45) is 4.34. The van der Waals surface area contributed by atoms with Gasteiger partial charge in [0.2, 0.25) is 0 Å². The zero-order valence-corrected chi connectivity index (χ0v) is 10.8. The van der Waals surface area contributed by atoms with E-state index >= 15 is 0 Å². The molecule has 1 aromatic heterocycles. The molecule has 1 heterocycles. The monoisotopic (exact) mass is 242 g/mol. The van der Waals surface area contributed by atoms with E-state index in [1.165, 1.54) is 5.56 Å². The number of aryl methyl sites for hydroxylation is 1. The molecule has 2 N–H and O–H groups in total. The smallest absolute Gasteiger partial charge is 0.145 e. The Hall–Kier alpha value is -1.87. The second kappa shape index (κ2) is 5.65. The topological polar surface area (TPSA) is 48.1 Å². The van der Waals surface area contributed by atoms with E-state index in [1.807, 2.05) is 50.4 Å². The van der Waals surface area contributed by atoms with Crippen molar-refractivity contribution in [3.05, 3.63) is 53.9 Å². The fourth-order valence-electron chi connectivity index (χ4n) is 1.82. The van der Waals surface area contributed by atoms with Gasteiger partial charge in [0.1, 0.15) is 11.5 Å². The van der Waals surface area contributed by atoms with Crippen LogP contribution in [0.3, 0.4) is 0 Å². The van der Waals surface area contributed by atoms with Crippen molar-refractivity contribution in [3.63, 3.8) is 0 Å². The highest BCUT2D eigenvalue weighted by Crippen LogP contribution is 2.22. The van der Waals surface area contributed by atoms with Crippen LogP contribution in [0.5, 0.6) is 11.5 Å². The van der Waals surface area contributed by atoms with Gasteiger partial charge in [-0.25, -0.2) is 0 Å². The van der Waals surface area contributed by atoms with Gasteiger partial charge in [0.05, 0.1) is 6.20 Å². The number of ether oxygens (including phenoxy) is 1. The first-order chi connectivity index (χ1) is 8.63. The molecule has 0 bridgehead atoms. The molecular weight excluding hydrogens is 224 g/mol. The molecule has 2 rings (SSSR count). The van der Waals surface area contributed by atoms with Crippen molar-refractivity contribution >= 4 is 0 Å². The lowest BCUT2D eigenvalue weighted by Gasteiger charge is -2.09. The van der Waals surface area contributed by atoms with Crippen LogP contribution in [0, 0.1) is 6.92 Å². The maximum Gasteiger partial charge on any atom is 0.145 e. The predicted molar refractivity (Wildman–Crippen MR) is 72.8 cm³/mol. The van der Waals surface area contributed by atoms with Crippen LogP contribution in [0.2, 0.25) is 0 Å². The molecule has 0 spiro atoms. The molecule has 1 aromatic carbocycles. The lowest BCUT2D eigenvalue weighted by Crippen LogP contribution is -2.17. The number of hydrogen-bond acceptors (Lipinski definition) is 3. The van der Waals surface area contributed by atoms with Gasteiger partial charge >= 0.3 is 0 Å². The molecule has 0 saturated heterocycles. The Morgan fingerprint density at radius 1 is 1.22 bits per heavy atom. The summed E-state index contributed by atoms with van der Waals surface area (Å²) in [5.74, 6) is 1.58. The Kier molecular flexibility index (Phi) is 3.95. The van der Waals surface area contributed by atoms with E-state index in [0.717, 1.165) is 23.5 Å². The molecule has 0 amide bonds. The van der Waals surface area contributed by atoms with Crippen molar-refractivity contribution < 1.29 is 4.74 Å². The molecule has 2 aromatic rings. The quantitative estimate of drug-likeness (QED) is 0.896. The second-order valence-electron chi connectivity index (χ2n) is 4.63. The van der Waals surface area contributed by atoms with Crippen molar-refractivity contribution in [1.82, 2.24) is 4.98 Å². The molecule has 1 atom stereocenters. The zero-order valence-electron chi connectivity index (χ0n) is 10.8. The molecule has 0 aliphatic heterocycles. The van der Waals surface area contributed by atoms with Gasteiger partial charge in [0, 0.05) is 12.2 Å². The van der Waals surface area contributed by atoms with Crippen LogP contribution in [-0.4, -0.2) is 11.0 Å². The summed E-state index contributed by atoms with van der Waals surface area (Å²) in [7, 11) is 0. The average molecular weight is 242 g/mol. The van der Waals surface area contributed by atoms with E-state index in [0.29, 0.717) is 0 Å². The largest absolute Gasteiger partial charge is 0.456 e. The Bertz CT molecular complexity index is 523. The number of aromatic nitrogens is 1. The average Bonchev–Trinajstić information content (AvgIpc) is 2.28. The maximum atomic E-state index is 5.78. The van der Waals surface area contributed by atoms with Crippen LogP contribution in [0.4, 0.5) is 0 Å². The first-order valence-electron chi connectivity index (χ1n) is 6.07. The Labute approximate surface area is 108 Å². The number of rotatable bonds is 4. The molecule has 0 fully saturated rings. The van der Waals surface area contributed by atoms with Gasteiger partial charge in [-0.15, -0.1) is 0 Å². The van der Waals surface area contributed by atoms with Crippen molar-refractivity contribution in [2.45, 2.75) is 26.3 Å². The summed E-state index contributed by atoms with van der Waals surface area (Å²) in [5.41, 5.74) is 8.04. The van der Waals surface area contributed by atoms with Gasteiger partial charge in [-0.1, -0.05) is 12.1 Å². The second-order valence-corrected chi connectivity index (χ2v) is 4.63. The van der Waals surface area contributed by atoms with E-state index in [9.17, 15) is 0 Å². The van der Waals surface area contributed by atoms with Crippen molar-refractivity contribution in [1.29, 1.82) is 0 Å². The van der Waals surface area contributed by atoms with Crippen LogP contribution < -0.4 is 10.5 Å². The van der Waals surface area contributed by atoms with E-state index in [1.54, 1.807) is 6.20 Å². The highest BCUT2D eigenvalue weighted by molar-refractivity contribution is 5.33. The summed E-state index contributed by atoms with van der Waals surface area (Å²) in [4.78, 5) is 4.18. The zero-order chi connectivity index (χ0) is 13.0.